The van der Waals surface area contributed by atoms with Crippen molar-refractivity contribution in [3.8, 4) is 0 Å². The number of pyridine rings is 1. The number of nitrogens with zero attached hydrogens (tertiary/aromatic N) is 2. The molecule has 2 rings (SSSR count). The number of carbonyl (C=O) groups is 1. The fourth-order valence-electron chi connectivity index (χ4n) is 1.79. The molecule has 0 N–H and O–H groups in total. The number of aromatic nitrogens is 1. The first-order valence-corrected chi connectivity index (χ1v) is 5.68. The van der Waals surface area contributed by atoms with E-state index in [1.165, 1.54) is 6.08 Å². The average Bonchev–Trinajstić information content (AvgIpc) is 2.61. The van der Waals surface area contributed by atoms with Gasteiger partial charge in [0.2, 0.25) is 0 Å². The minimum Gasteiger partial charge on any atom is -0.453 e. The van der Waals surface area contributed by atoms with Gasteiger partial charge in [-0.25, -0.2) is 9.78 Å². The van der Waals surface area contributed by atoms with E-state index in [0.717, 1.165) is 11.3 Å². The van der Waals surface area contributed by atoms with Gasteiger partial charge in [-0.15, -0.1) is 0 Å². The Balaban J connectivity index is 2.06. The maximum absolute atomic E-state index is 11.1. The molecule has 1 aromatic rings. The third-order valence-electron chi connectivity index (χ3n) is 2.62. The van der Waals surface area contributed by atoms with Gasteiger partial charge in [-0.3, -0.25) is 0 Å². The van der Waals surface area contributed by atoms with Gasteiger partial charge in [-0.05, 0) is 18.6 Å². The molecule has 0 amide bonds. The van der Waals surface area contributed by atoms with Crippen LogP contribution in [0.4, 0.5) is 0 Å². The summed E-state index contributed by atoms with van der Waals surface area (Å²) in [5.41, 5.74) is 1.91. The van der Waals surface area contributed by atoms with Crippen LogP contribution in [0.3, 0.4) is 0 Å². The predicted octanol–water partition coefficient (Wildman–Crippen LogP) is 2.00. The highest BCUT2D eigenvalue weighted by Gasteiger charge is 2.24. The second kappa shape index (κ2) is 4.75. The van der Waals surface area contributed by atoms with Crippen LogP contribution in [0.2, 0.25) is 5.15 Å². The van der Waals surface area contributed by atoms with Crippen molar-refractivity contribution in [1.29, 1.82) is 0 Å². The quantitative estimate of drug-likeness (QED) is 0.610. The molecule has 0 fully saturated rings. The highest BCUT2D eigenvalue weighted by molar-refractivity contribution is 6.29. The SMILES string of the molecule is CC1OC(=O)C=C1N(C)Cc1ccc(Cl)nc1. The molecule has 1 aliphatic heterocycles. The second-order valence-corrected chi connectivity index (χ2v) is 4.38. The topological polar surface area (TPSA) is 42.4 Å². The molecule has 0 aliphatic carbocycles. The van der Waals surface area contributed by atoms with Crippen LogP contribution in [0.5, 0.6) is 0 Å². The van der Waals surface area contributed by atoms with Gasteiger partial charge in [0.05, 0.1) is 5.70 Å². The average molecular weight is 253 g/mol. The summed E-state index contributed by atoms with van der Waals surface area (Å²) in [6.45, 7) is 2.52. The lowest BCUT2D eigenvalue weighted by Crippen LogP contribution is -2.23. The van der Waals surface area contributed by atoms with Crippen LogP contribution in [-0.4, -0.2) is 29.0 Å². The Morgan fingerprint density at radius 1 is 1.53 bits per heavy atom. The van der Waals surface area contributed by atoms with E-state index in [-0.39, 0.29) is 12.1 Å². The Morgan fingerprint density at radius 3 is 2.82 bits per heavy atom. The highest BCUT2D eigenvalue weighted by Crippen LogP contribution is 2.20. The summed E-state index contributed by atoms with van der Waals surface area (Å²) in [7, 11) is 1.92. The molecule has 1 aromatic heterocycles. The standard InChI is InChI=1S/C12H13ClN2O2/c1-8-10(5-12(16)17-8)15(2)7-9-3-4-11(13)14-6-9/h3-6,8H,7H2,1-2H3. The second-order valence-electron chi connectivity index (χ2n) is 3.99. The summed E-state index contributed by atoms with van der Waals surface area (Å²) in [6.07, 6.45) is 3.06. The normalized spacial score (nSPS) is 18.9. The molecule has 2 heterocycles. The Kier molecular flexibility index (Phi) is 3.33. The number of halogens is 1. The van der Waals surface area contributed by atoms with Gasteiger partial charge < -0.3 is 9.64 Å². The van der Waals surface area contributed by atoms with E-state index in [1.807, 2.05) is 24.9 Å². The minimum absolute atomic E-state index is 0.187. The lowest BCUT2D eigenvalue weighted by molar-refractivity contribution is -0.138. The number of cyclic esters (lactones) is 1. The van der Waals surface area contributed by atoms with Crippen molar-refractivity contribution >= 4 is 17.6 Å². The van der Waals surface area contributed by atoms with E-state index in [4.69, 9.17) is 16.3 Å². The van der Waals surface area contributed by atoms with Crippen LogP contribution in [0, 0.1) is 0 Å². The molecule has 4 nitrogen and oxygen atoms in total. The van der Waals surface area contributed by atoms with E-state index >= 15 is 0 Å². The molecule has 0 spiro atoms. The summed E-state index contributed by atoms with van der Waals surface area (Å²) < 4.78 is 5.04. The smallest absolute Gasteiger partial charge is 0.333 e. The van der Waals surface area contributed by atoms with Gasteiger partial charge in [0.25, 0.3) is 0 Å². The van der Waals surface area contributed by atoms with Crippen LogP contribution >= 0.6 is 11.6 Å². The van der Waals surface area contributed by atoms with Crippen molar-refractivity contribution in [3.63, 3.8) is 0 Å². The summed E-state index contributed by atoms with van der Waals surface area (Å²) in [6, 6.07) is 3.66. The van der Waals surface area contributed by atoms with E-state index in [2.05, 4.69) is 4.98 Å². The van der Waals surface area contributed by atoms with Crippen LogP contribution < -0.4 is 0 Å². The molecular formula is C12H13ClN2O2. The van der Waals surface area contributed by atoms with Crippen LogP contribution in [0.15, 0.2) is 30.1 Å². The zero-order valence-electron chi connectivity index (χ0n) is 9.68. The van der Waals surface area contributed by atoms with Crippen molar-refractivity contribution in [2.45, 2.75) is 19.6 Å². The van der Waals surface area contributed by atoms with Crippen molar-refractivity contribution in [1.82, 2.24) is 9.88 Å². The first-order valence-electron chi connectivity index (χ1n) is 5.30. The number of hydrogen-bond donors (Lipinski definition) is 0. The number of rotatable bonds is 3. The highest BCUT2D eigenvalue weighted by atomic mass is 35.5. The van der Waals surface area contributed by atoms with Gasteiger partial charge in [-0.2, -0.15) is 0 Å². The van der Waals surface area contributed by atoms with E-state index in [1.54, 1.807) is 12.3 Å². The molecule has 1 unspecified atom stereocenters. The monoisotopic (exact) mass is 252 g/mol. The summed E-state index contributed by atoms with van der Waals surface area (Å²) >= 11 is 5.72. The van der Waals surface area contributed by atoms with Crippen molar-refractivity contribution in [3.05, 3.63) is 40.8 Å². The number of carbonyl (C=O) groups excluding carboxylic acids is 1. The Labute approximate surface area is 105 Å². The van der Waals surface area contributed by atoms with Gasteiger partial charge >= 0.3 is 5.97 Å². The van der Waals surface area contributed by atoms with Crippen molar-refractivity contribution in [2.75, 3.05) is 7.05 Å². The third-order valence-corrected chi connectivity index (χ3v) is 2.85. The molecule has 1 aliphatic rings. The zero-order chi connectivity index (χ0) is 12.4. The van der Waals surface area contributed by atoms with Gasteiger partial charge in [0.1, 0.15) is 11.3 Å². The largest absolute Gasteiger partial charge is 0.453 e. The first kappa shape index (κ1) is 11.9. The van der Waals surface area contributed by atoms with E-state index in [9.17, 15) is 4.79 Å². The van der Waals surface area contributed by atoms with Gasteiger partial charge in [-0.1, -0.05) is 17.7 Å². The number of hydrogen-bond acceptors (Lipinski definition) is 4. The van der Waals surface area contributed by atoms with E-state index < -0.39 is 0 Å². The molecule has 90 valence electrons. The maximum Gasteiger partial charge on any atom is 0.333 e. The molecule has 17 heavy (non-hydrogen) atoms. The third kappa shape index (κ3) is 2.77. The lowest BCUT2D eigenvalue weighted by atomic mass is 10.2. The number of esters is 1. The maximum atomic E-state index is 11.1. The molecule has 0 saturated heterocycles. The molecule has 1 atom stereocenters. The predicted molar refractivity (Wildman–Crippen MR) is 64.4 cm³/mol. The van der Waals surface area contributed by atoms with Gasteiger partial charge in [0.15, 0.2) is 0 Å². The molecule has 0 aromatic carbocycles. The summed E-state index contributed by atoms with van der Waals surface area (Å²) in [5, 5.41) is 0.475. The lowest BCUT2D eigenvalue weighted by Gasteiger charge is -2.22. The molecular weight excluding hydrogens is 240 g/mol. The van der Waals surface area contributed by atoms with E-state index in [0.29, 0.717) is 11.7 Å². The zero-order valence-corrected chi connectivity index (χ0v) is 10.4. The van der Waals surface area contributed by atoms with Crippen LogP contribution in [0.25, 0.3) is 0 Å². The van der Waals surface area contributed by atoms with Crippen LogP contribution in [-0.2, 0) is 16.1 Å². The molecule has 0 radical (unpaired) electrons. The van der Waals surface area contributed by atoms with Crippen molar-refractivity contribution < 1.29 is 9.53 Å². The summed E-state index contributed by atoms with van der Waals surface area (Å²) in [5.74, 6) is -0.284. The Morgan fingerprint density at radius 2 is 2.29 bits per heavy atom. The Hall–Kier alpha value is -1.55. The molecule has 0 bridgehead atoms. The van der Waals surface area contributed by atoms with Crippen LogP contribution in [0.1, 0.15) is 12.5 Å². The first-order chi connectivity index (χ1) is 8.06. The fourth-order valence-corrected chi connectivity index (χ4v) is 1.90. The molecule has 5 heteroatoms. The number of ether oxygens (including phenoxy) is 1. The van der Waals surface area contributed by atoms with Crippen molar-refractivity contribution in [2.24, 2.45) is 0 Å². The molecule has 0 saturated carbocycles. The van der Waals surface area contributed by atoms with Gasteiger partial charge in [0, 0.05) is 25.9 Å². The summed E-state index contributed by atoms with van der Waals surface area (Å²) in [4.78, 5) is 17.1. The fraction of sp³-hybridized carbons (Fsp3) is 0.333. The Bertz CT molecular complexity index is 456. The minimum atomic E-state index is -0.284. The number of likely N-dealkylation sites (N-methyl/N-ethyl adjacent to an activating group) is 1.